The topological polar surface area (TPSA) is 3.24 Å². The van der Waals surface area contributed by atoms with Crippen molar-refractivity contribution < 1.29 is 0 Å². The first kappa shape index (κ1) is 10.9. The fourth-order valence-corrected chi connectivity index (χ4v) is 2.91. The Hall–Kier alpha value is -0.630. The van der Waals surface area contributed by atoms with Crippen molar-refractivity contribution in [3.8, 4) is 0 Å². The molecule has 1 saturated heterocycles. The van der Waals surface area contributed by atoms with E-state index < -0.39 is 0 Å². The third kappa shape index (κ3) is 2.69. The van der Waals surface area contributed by atoms with Crippen molar-refractivity contribution in [2.45, 2.75) is 32.6 Å². The molecule has 1 nitrogen and oxygen atoms in total. The normalized spacial score (nSPS) is 17.1. The first-order valence-electron chi connectivity index (χ1n) is 5.78. The summed E-state index contributed by atoms with van der Waals surface area (Å²) in [5.74, 6) is 1.89. The van der Waals surface area contributed by atoms with Crippen molar-refractivity contribution in [2.24, 2.45) is 0 Å². The van der Waals surface area contributed by atoms with Crippen LogP contribution in [0.25, 0.3) is 0 Å². The van der Waals surface area contributed by atoms with E-state index in [4.69, 9.17) is 0 Å². The quantitative estimate of drug-likeness (QED) is 0.693. The number of benzene rings is 1. The number of hydrogen-bond acceptors (Lipinski definition) is 2. The molecule has 2 rings (SSSR count). The van der Waals surface area contributed by atoms with Crippen molar-refractivity contribution in [3.63, 3.8) is 0 Å². The smallest absolute Gasteiger partial charge is 0.0472 e. The molecule has 0 atom stereocenters. The lowest BCUT2D eigenvalue weighted by Gasteiger charge is -2.27. The van der Waals surface area contributed by atoms with E-state index in [9.17, 15) is 0 Å². The molecule has 1 aliphatic rings. The van der Waals surface area contributed by atoms with E-state index >= 15 is 0 Å². The van der Waals surface area contributed by atoms with E-state index in [1.165, 1.54) is 36.4 Å². The predicted octanol–water partition coefficient (Wildman–Crippen LogP) is 4.06. The van der Waals surface area contributed by atoms with Gasteiger partial charge in [0.25, 0.3) is 0 Å². The van der Waals surface area contributed by atoms with Gasteiger partial charge in [-0.25, -0.2) is 0 Å². The Kier molecular flexibility index (Phi) is 3.57. The minimum atomic E-state index is 0.625. The van der Waals surface area contributed by atoms with Gasteiger partial charge in [0, 0.05) is 18.0 Å². The van der Waals surface area contributed by atoms with Crippen LogP contribution in [0.4, 0.5) is 5.69 Å². The van der Waals surface area contributed by atoms with Crippen molar-refractivity contribution in [1.82, 2.24) is 0 Å². The van der Waals surface area contributed by atoms with Crippen LogP contribution in [-0.2, 0) is 0 Å². The molecule has 0 aromatic heterocycles. The Bertz CT molecular complexity index is 316. The Morgan fingerprint density at radius 3 is 2.80 bits per heavy atom. The van der Waals surface area contributed by atoms with Gasteiger partial charge < -0.3 is 4.31 Å². The zero-order valence-electron chi connectivity index (χ0n) is 9.57. The van der Waals surface area contributed by atoms with Crippen LogP contribution in [-0.4, -0.2) is 12.3 Å². The van der Waals surface area contributed by atoms with E-state index in [0.717, 1.165) is 0 Å². The van der Waals surface area contributed by atoms with Gasteiger partial charge in [-0.3, -0.25) is 0 Å². The summed E-state index contributed by atoms with van der Waals surface area (Å²) in [5, 5.41) is 0. The van der Waals surface area contributed by atoms with Gasteiger partial charge in [0.05, 0.1) is 0 Å². The van der Waals surface area contributed by atoms with Gasteiger partial charge in [-0.05, 0) is 48.4 Å². The van der Waals surface area contributed by atoms with Gasteiger partial charge in [0.2, 0.25) is 0 Å². The number of nitrogens with zero attached hydrogens (tertiary/aromatic N) is 1. The maximum Gasteiger partial charge on any atom is 0.0472 e. The number of rotatable bonds is 2. The summed E-state index contributed by atoms with van der Waals surface area (Å²) in [7, 11) is 0. The molecule has 1 fully saturated rings. The number of anilines is 1. The molecule has 0 saturated carbocycles. The first-order chi connectivity index (χ1) is 7.27. The zero-order valence-corrected chi connectivity index (χ0v) is 10.4. The Morgan fingerprint density at radius 1 is 1.27 bits per heavy atom. The van der Waals surface area contributed by atoms with Gasteiger partial charge in [-0.1, -0.05) is 26.0 Å². The van der Waals surface area contributed by atoms with Crippen LogP contribution in [0.1, 0.15) is 38.2 Å². The van der Waals surface area contributed by atoms with Gasteiger partial charge in [0.15, 0.2) is 0 Å². The van der Waals surface area contributed by atoms with Crippen LogP contribution >= 0.6 is 11.9 Å². The third-order valence-corrected chi connectivity index (χ3v) is 4.00. The SMILES string of the molecule is CC(C)c1cccc(N2CCCCS2)c1. The molecule has 1 aromatic rings. The van der Waals surface area contributed by atoms with Crippen molar-refractivity contribution in [1.29, 1.82) is 0 Å². The largest absolute Gasteiger partial charge is 0.316 e. The molecular formula is C13H19NS. The second-order valence-electron chi connectivity index (χ2n) is 4.39. The lowest BCUT2D eigenvalue weighted by Crippen LogP contribution is -2.21. The van der Waals surface area contributed by atoms with E-state index in [1.807, 2.05) is 11.9 Å². The van der Waals surface area contributed by atoms with Crippen molar-refractivity contribution in [2.75, 3.05) is 16.6 Å². The lowest BCUT2D eigenvalue weighted by atomic mass is 10.0. The Balaban J connectivity index is 2.16. The van der Waals surface area contributed by atoms with E-state index in [0.29, 0.717) is 5.92 Å². The Morgan fingerprint density at radius 2 is 2.13 bits per heavy atom. The van der Waals surface area contributed by atoms with Crippen LogP contribution in [0.2, 0.25) is 0 Å². The number of hydrogen-bond donors (Lipinski definition) is 0. The molecule has 2 heteroatoms. The van der Waals surface area contributed by atoms with Gasteiger partial charge in [-0.15, -0.1) is 0 Å². The van der Waals surface area contributed by atoms with Crippen LogP contribution in [0.15, 0.2) is 24.3 Å². The van der Waals surface area contributed by atoms with E-state index in [-0.39, 0.29) is 0 Å². The monoisotopic (exact) mass is 221 g/mol. The zero-order chi connectivity index (χ0) is 10.7. The third-order valence-electron chi connectivity index (χ3n) is 2.83. The van der Waals surface area contributed by atoms with Crippen LogP contribution in [0.3, 0.4) is 0 Å². The fourth-order valence-electron chi connectivity index (χ4n) is 1.84. The summed E-state index contributed by atoms with van der Waals surface area (Å²) < 4.78 is 2.44. The molecule has 1 heterocycles. The molecule has 0 spiro atoms. The molecular weight excluding hydrogens is 202 g/mol. The maximum absolute atomic E-state index is 2.44. The molecule has 15 heavy (non-hydrogen) atoms. The average molecular weight is 221 g/mol. The van der Waals surface area contributed by atoms with Crippen LogP contribution in [0, 0.1) is 0 Å². The molecule has 0 aliphatic carbocycles. The summed E-state index contributed by atoms with van der Waals surface area (Å²) >= 11 is 1.97. The highest BCUT2D eigenvalue weighted by atomic mass is 32.2. The van der Waals surface area contributed by atoms with Crippen LogP contribution in [0.5, 0.6) is 0 Å². The predicted molar refractivity (Wildman–Crippen MR) is 69.6 cm³/mol. The summed E-state index contributed by atoms with van der Waals surface area (Å²) in [4.78, 5) is 0. The van der Waals surface area contributed by atoms with Crippen molar-refractivity contribution in [3.05, 3.63) is 29.8 Å². The molecule has 82 valence electrons. The highest BCUT2D eigenvalue weighted by Gasteiger charge is 2.12. The summed E-state index contributed by atoms with van der Waals surface area (Å²) in [5.41, 5.74) is 2.82. The van der Waals surface area contributed by atoms with E-state index in [2.05, 4.69) is 42.4 Å². The molecule has 0 unspecified atom stereocenters. The minimum Gasteiger partial charge on any atom is -0.316 e. The minimum absolute atomic E-state index is 0.625. The molecule has 1 aromatic carbocycles. The molecule has 0 N–H and O–H groups in total. The van der Waals surface area contributed by atoms with Crippen molar-refractivity contribution >= 4 is 17.6 Å². The molecule has 0 radical (unpaired) electrons. The van der Waals surface area contributed by atoms with Crippen LogP contribution < -0.4 is 4.31 Å². The first-order valence-corrected chi connectivity index (χ1v) is 6.72. The molecule has 0 amide bonds. The Labute approximate surface area is 97.0 Å². The molecule has 0 bridgehead atoms. The standard InChI is InChI=1S/C13H19NS/c1-11(2)12-6-5-7-13(10-12)14-8-3-4-9-15-14/h5-7,10-11H,3-4,8-9H2,1-2H3. The molecule has 1 aliphatic heterocycles. The second kappa shape index (κ2) is 4.93. The maximum atomic E-state index is 2.44. The van der Waals surface area contributed by atoms with Gasteiger partial charge in [-0.2, -0.15) is 0 Å². The van der Waals surface area contributed by atoms with Gasteiger partial charge in [0.1, 0.15) is 0 Å². The van der Waals surface area contributed by atoms with E-state index in [1.54, 1.807) is 0 Å². The highest BCUT2D eigenvalue weighted by Crippen LogP contribution is 2.29. The summed E-state index contributed by atoms with van der Waals surface area (Å²) in [6.07, 6.45) is 2.70. The highest BCUT2D eigenvalue weighted by molar-refractivity contribution is 8.00. The average Bonchev–Trinajstić information content (AvgIpc) is 2.30. The van der Waals surface area contributed by atoms with Gasteiger partial charge >= 0.3 is 0 Å². The summed E-state index contributed by atoms with van der Waals surface area (Å²) in [6, 6.07) is 8.97. The lowest BCUT2D eigenvalue weighted by molar-refractivity contribution is 0.790. The second-order valence-corrected chi connectivity index (χ2v) is 5.50. The fraction of sp³-hybridized carbons (Fsp3) is 0.538. The summed E-state index contributed by atoms with van der Waals surface area (Å²) in [6.45, 7) is 5.71.